The molecular formula is C15H24BrN3OS. The number of thiophene rings is 1. The van der Waals surface area contributed by atoms with Gasteiger partial charge in [-0.2, -0.15) is 0 Å². The lowest BCUT2D eigenvalue weighted by Gasteiger charge is -2.37. The molecule has 0 N–H and O–H groups in total. The molecule has 6 heteroatoms. The van der Waals surface area contributed by atoms with Gasteiger partial charge in [0.15, 0.2) is 0 Å². The van der Waals surface area contributed by atoms with Crippen molar-refractivity contribution in [1.82, 2.24) is 14.7 Å². The summed E-state index contributed by atoms with van der Waals surface area (Å²) in [6.45, 7) is 3.86. The van der Waals surface area contributed by atoms with Crippen LogP contribution in [0.1, 0.15) is 22.5 Å². The highest BCUT2D eigenvalue weighted by atomic mass is 79.9. The normalized spacial score (nSPS) is 17.4. The van der Waals surface area contributed by atoms with E-state index in [1.807, 2.05) is 12.1 Å². The lowest BCUT2D eigenvalue weighted by Crippen LogP contribution is -2.48. The minimum atomic E-state index is 0.183. The van der Waals surface area contributed by atoms with E-state index in [0.29, 0.717) is 6.04 Å². The number of piperidine rings is 1. The van der Waals surface area contributed by atoms with Gasteiger partial charge in [0.25, 0.3) is 5.91 Å². The number of amides is 1. The van der Waals surface area contributed by atoms with Crippen LogP contribution in [0.25, 0.3) is 0 Å². The molecule has 1 aromatic heterocycles. The van der Waals surface area contributed by atoms with Crippen molar-refractivity contribution in [3.05, 3.63) is 20.8 Å². The molecule has 2 heterocycles. The fourth-order valence-corrected chi connectivity index (χ4v) is 3.98. The first-order chi connectivity index (χ1) is 9.97. The average molecular weight is 374 g/mol. The van der Waals surface area contributed by atoms with Crippen molar-refractivity contribution < 1.29 is 4.79 Å². The number of carbonyl (C=O) groups excluding carboxylic acids is 1. The number of rotatable bonds is 5. The molecule has 1 aliphatic heterocycles. The van der Waals surface area contributed by atoms with Crippen LogP contribution >= 0.6 is 27.3 Å². The Labute approximate surface area is 139 Å². The molecule has 0 aromatic carbocycles. The van der Waals surface area contributed by atoms with Crippen LogP contribution in [0.4, 0.5) is 0 Å². The summed E-state index contributed by atoms with van der Waals surface area (Å²) in [4.78, 5) is 20.2. The van der Waals surface area contributed by atoms with Crippen LogP contribution in [-0.4, -0.2) is 74.0 Å². The van der Waals surface area contributed by atoms with Crippen LogP contribution in [0.2, 0.25) is 0 Å². The summed E-state index contributed by atoms with van der Waals surface area (Å²) < 4.78 is 1.02. The zero-order chi connectivity index (χ0) is 15.4. The summed E-state index contributed by atoms with van der Waals surface area (Å²) in [5.41, 5.74) is 0. The molecule has 118 valence electrons. The molecule has 0 saturated carbocycles. The molecule has 1 saturated heterocycles. The summed E-state index contributed by atoms with van der Waals surface area (Å²) in [5, 5.41) is 0. The third kappa shape index (κ3) is 4.77. The first kappa shape index (κ1) is 16.9. The molecule has 1 aliphatic rings. The topological polar surface area (TPSA) is 26.8 Å². The summed E-state index contributed by atoms with van der Waals surface area (Å²) in [6.07, 6.45) is 2.14. The Bertz CT molecular complexity index is 469. The number of likely N-dealkylation sites (N-methyl/N-ethyl adjacent to an activating group) is 1. The van der Waals surface area contributed by atoms with Crippen molar-refractivity contribution in [3.8, 4) is 0 Å². The zero-order valence-corrected chi connectivity index (χ0v) is 15.4. The first-order valence-corrected chi connectivity index (χ1v) is 8.98. The van der Waals surface area contributed by atoms with Gasteiger partial charge in [-0.05, 0) is 75.1 Å². The second-order valence-corrected chi connectivity index (χ2v) is 8.40. The van der Waals surface area contributed by atoms with Gasteiger partial charge in [-0.1, -0.05) is 0 Å². The van der Waals surface area contributed by atoms with Crippen molar-refractivity contribution in [2.24, 2.45) is 0 Å². The number of hydrogen-bond donors (Lipinski definition) is 0. The fraction of sp³-hybridized carbons (Fsp3) is 0.667. The van der Waals surface area contributed by atoms with E-state index in [9.17, 15) is 4.79 Å². The third-order valence-corrected chi connectivity index (χ3v) is 5.57. The van der Waals surface area contributed by atoms with E-state index in [0.717, 1.165) is 47.7 Å². The lowest BCUT2D eigenvalue weighted by molar-refractivity contribution is 0.0579. The molecule has 2 rings (SSSR count). The number of carbonyl (C=O) groups is 1. The molecule has 0 aliphatic carbocycles. The maximum atomic E-state index is 12.8. The first-order valence-electron chi connectivity index (χ1n) is 7.37. The second kappa shape index (κ2) is 7.72. The third-order valence-electron chi connectivity index (χ3n) is 3.96. The van der Waals surface area contributed by atoms with Crippen molar-refractivity contribution in [1.29, 1.82) is 0 Å². The van der Waals surface area contributed by atoms with Crippen molar-refractivity contribution in [2.75, 3.05) is 47.3 Å². The molecule has 21 heavy (non-hydrogen) atoms. The molecule has 1 aromatic rings. The summed E-state index contributed by atoms with van der Waals surface area (Å²) in [6, 6.07) is 4.25. The molecule has 0 unspecified atom stereocenters. The highest BCUT2D eigenvalue weighted by Crippen LogP contribution is 2.25. The molecule has 0 radical (unpaired) electrons. The van der Waals surface area contributed by atoms with Gasteiger partial charge in [0.05, 0.1) is 8.66 Å². The van der Waals surface area contributed by atoms with E-state index < -0.39 is 0 Å². The largest absolute Gasteiger partial charge is 0.334 e. The van der Waals surface area contributed by atoms with Gasteiger partial charge in [0.1, 0.15) is 0 Å². The van der Waals surface area contributed by atoms with Gasteiger partial charge in [-0.15, -0.1) is 11.3 Å². The Morgan fingerprint density at radius 2 is 2.00 bits per heavy atom. The number of hydrogen-bond acceptors (Lipinski definition) is 4. The predicted octanol–water partition coefficient (Wildman–Crippen LogP) is 2.61. The average Bonchev–Trinajstić information content (AvgIpc) is 2.87. The molecule has 1 fully saturated rings. The summed E-state index contributed by atoms with van der Waals surface area (Å²) >= 11 is 4.97. The van der Waals surface area contributed by atoms with Crippen LogP contribution in [0.3, 0.4) is 0 Å². The maximum Gasteiger partial charge on any atom is 0.264 e. The SMILES string of the molecule is CN(C)CCN(C(=O)c1ccc(Br)s1)C1CCN(C)CC1. The Hall–Kier alpha value is -0.430. The van der Waals surface area contributed by atoms with Crippen molar-refractivity contribution in [3.63, 3.8) is 0 Å². The standard InChI is InChI=1S/C15H24BrN3OS/c1-17(2)10-11-19(12-6-8-18(3)9-7-12)15(20)13-4-5-14(16)21-13/h4-5,12H,6-11H2,1-3H3. The van der Waals surface area contributed by atoms with Gasteiger partial charge in [0.2, 0.25) is 0 Å². The minimum absolute atomic E-state index is 0.183. The monoisotopic (exact) mass is 373 g/mol. The van der Waals surface area contributed by atoms with Crippen LogP contribution in [0.5, 0.6) is 0 Å². The molecule has 0 spiro atoms. The van der Waals surface area contributed by atoms with E-state index in [1.54, 1.807) is 0 Å². The molecule has 1 amide bonds. The van der Waals surface area contributed by atoms with Crippen LogP contribution in [0.15, 0.2) is 15.9 Å². The van der Waals surface area contributed by atoms with Crippen molar-refractivity contribution >= 4 is 33.2 Å². The molecule has 4 nitrogen and oxygen atoms in total. The van der Waals surface area contributed by atoms with Gasteiger partial charge in [-0.25, -0.2) is 0 Å². The second-order valence-electron chi connectivity index (χ2n) is 5.94. The highest BCUT2D eigenvalue weighted by Gasteiger charge is 2.28. The van der Waals surface area contributed by atoms with Gasteiger partial charge < -0.3 is 14.7 Å². The van der Waals surface area contributed by atoms with Crippen LogP contribution < -0.4 is 0 Å². The van der Waals surface area contributed by atoms with Gasteiger partial charge in [-0.3, -0.25) is 4.79 Å². The Balaban J connectivity index is 2.09. The summed E-state index contributed by atoms with van der Waals surface area (Å²) in [5.74, 6) is 0.183. The Morgan fingerprint density at radius 3 is 2.52 bits per heavy atom. The van der Waals surface area contributed by atoms with E-state index >= 15 is 0 Å². The van der Waals surface area contributed by atoms with E-state index in [4.69, 9.17) is 0 Å². The number of halogens is 1. The minimum Gasteiger partial charge on any atom is -0.334 e. The predicted molar refractivity (Wildman–Crippen MR) is 92.1 cm³/mol. The molecule has 0 atom stereocenters. The number of nitrogens with zero attached hydrogens (tertiary/aromatic N) is 3. The summed E-state index contributed by atoms with van der Waals surface area (Å²) in [7, 11) is 6.26. The van der Waals surface area contributed by atoms with Crippen LogP contribution in [-0.2, 0) is 0 Å². The lowest BCUT2D eigenvalue weighted by atomic mass is 10.0. The Morgan fingerprint density at radius 1 is 1.33 bits per heavy atom. The fourth-order valence-electron chi connectivity index (χ4n) is 2.64. The quantitative estimate of drug-likeness (QED) is 0.793. The maximum absolute atomic E-state index is 12.8. The highest BCUT2D eigenvalue weighted by molar-refractivity contribution is 9.11. The van der Waals surface area contributed by atoms with E-state index in [1.165, 1.54) is 11.3 Å². The van der Waals surface area contributed by atoms with Crippen LogP contribution in [0, 0.1) is 0 Å². The van der Waals surface area contributed by atoms with Gasteiger partial charge in [0, 0.05) is 19.1 Å². The number of likely N-dealkylation sites (tertiary alicyclic amines) is 1. The van der Waals surface area contributed by atoms with Gasteiger partial charge >= 0.3 is 0 Å². The zero-order valence-electron chi connectivity index (χ0n) is 13.0. The molecular weight excluding hydrogens is 350 g/mol. The molecule has 0 bridgehead atoms. The Kier molecular flexibility index (Phi) is 6.22. The van der Waals surface area contributed by atoms with E-state index in [-0.39, 0.29) is 5.91 Å². The van der Waals surface area contributed by atoms with E-state index in [2.05, 4.69) is 51.8 Å². The smallest absolute Gasteiger partial charge is 0.264 e. The van der Waals surface area contributed by atoms with Crippen molar-refractivity contribution in [2.45, 2.75) is 18.9 Å².